The number of carbonyl (C=O) groups is 1. The van der Waals surface area contributed by atoms with Crippen molar-refractivity contribution in [3.05, 3.63) is 57.8 Å². The molecular formula is C25H29N7O2S. The molecule has 0 fully saturated rings. The van der Waals surface area contributed by atoms with E-state index in [1.165, 1.54) is 16.4 Å². The molecule has 35 heavy (non-hydrogen) atoms. The van der Waals surface area contributed by atoms with Crippen LogP contribution < -0.4 is 10.9 Å². The normalized spacial score (nSPS) is 14.5. The Morgan fingerprint density at radius 3 is 2.60 bits per heavy atom. The van der Waals surface area contributed by atoms with Gasteiger partial charge in [0, 0.05) is 19.3 Å². The van der Waals surface area contributed by atoms with Crippen LogP contribution in [0.4, 0.5) is 5.69 Å². The van der Waals surface area contributed by atoms with Gasteiger partial charge >= 0.3 is 0 Å². The van der Waals surface area contributed by atoms with Gasteiger partial charge in [0.05, 0.1) is 28.0 Å². The standard InChI is InChI=1S/C25H29N7O2S/c1-15-21(16(2)30(4)28-15)26-23(33)17(3)35-25-27-22-20(19-13-9-6-10-14-31(19)25)24(34)32(29-22)18-11-7-5-8-12-18/h5,7-8,11-12,17H,6,9-10,13-14H2,1-4H3,(H,26,33)/t17-/m0/s1. The first-order valence-corrected chi connectivity index (χ1v) is 12.8. The van der Waals surface area contributed by atoms with Crippen molar-refractivity contribution in [3.8, 4) is 17.1 Å². The van der Waals surface area contributed by atoms with Crippen molar-refractivity contribution in [2.75, 3.05) is 5.32 Å². The van der Waals surface area contributed by atoms with E-state index >= 15 is 0 Å². The van der Waals surface area contributed by atoms with Gasteiger partial charge in [0.2, 0.25) is 5.91 Å². The monoisotopic (exact) mass is 491 g/mol. The van der Waals surface area contributed by atoms with Gasteiger partial charge in [-0.05, 0) is 52.2 Å². The van der Waals surface area contributed by atoms with Gasteiger partial charge in [-0.25, -0.2) is 4.98 Å². The first-order chi connectivity index (χ1) is 16.8. The van der Waals surface area contributed by atoms with Crippen LogP contribution in [0.3, 0.4) is 0 Å². The van der Waals surface area contributed by atoms with Crippen molar-refractivity contribution in [3.63, 3.8) is 0 Å². The van der Waals surface area contributed by atoms with Crippen LogP contribution in [0, 0.1) is 13.8 Å². The van der Waals surface area contributed by atoms with Gasteiger partial charge in [-0.15, -0.1) is 5.10 Å². The Bertz CT molecular complexity index is 1420. The molecule has 1 aromatic heterocycles. The maximum Gasteiger partial charge on any atom is 0.284 e. The number of amides is 1. The topological polar surface area (TPSA) is 99.6 Å². The Hall–Kier alpha value is -3.40. The highest BCUT2D eigenvalue weighted by Crippen LogP contribution is 2.32. The number of hydrogen-bond acceptors (Lipinski definition) is 6. The molecule has 3 aliphatic heterocycles. The summed E-state index contributed by atoms with van der Waals surface area (Å²) < 4.78 is 5.32. The Balaban J connectivity index is 1.52. The third-order valence-corrected chi connectivity index (χ3v) is 7.67. The summed E-state index contributed by atoms with van der Waals surface area (Å²) in [4.78, 5) is 31.3. The number of para-hydroxylation sites is 1. The van der Waals surface area contributed by atoms with E-state index in [2.05, 4.69) is 20.1 Å². The highest BCUT2D eigenvalue weighted by Gasteiger charge is 2.29. The van der Waals surface area contributed by atoms with Gasteiger partial charge in [0.1, 0.15) is 5.56 Å². The molecular weight excluding hydrogens is 462 g/mol. The fourth-order valence-electron chi connectivity index (χ4n) is 4.58. The van der Waals surface area contributed by atoms with E-state index in [-0.39, 0.29) is 11.5 Å². The molecule has 9 nitrogen and oxygen atoms in total. The van der Waals surface area contributed by atoms with E-state index in [1.807, 2.05) is 58.2 Å². The molecule has 1 amide bonds. The van der Waals surface area contributed by atoms with Gasteiger partial charge in [0.15, 0.2) is 11.0 Å². The Kier molecular flexibility index (Phi) is 6.22. The summed E-state index contributed by atoms with van der Waals surface area (Å²) in [6, 6.07) is 9.41. The molecule has 1 atom stereocenters. The van der Waals surface area contributed by atoms with Crippen LogP contribution >= 0.6 is 11.8 Å². The molecule has 0 spiro atoms. The van der Waals surface area contributed by atoms with Gasteiger partial charge in [-0.3, -0.25) is 14.3 Å². The predicted molar refractivity (Wildman–Crippen MR) is 136 cm³/mol. The first-order valence-electron chi connectivity index (χ1n) is 11.9. The van der Waals surface area contributed by atoms with Crippen LogP contribution in [0.15, 0.2) is 40.3 Å². The number of rotatable bonds is 5. The summed E-state index contributed by atoms with van der Waals surface area (Å²) in [6.07, 6.45) is 3.89. The van der Waals surface area contributed by atoms with Crippen molar-refractivity contribution in [2.45, 2.75) is 63.4 Å². The number of hydrogen-bond donors (Lipinski definition) is 1. The lowest BCUT2D eigenvalue weighted by molar-refractivity contribution is -0.115. The minimum Gasteiger partial charge on any atom is -0.324 e. The minimum absolute atomic E-state index is 0.113. The van der Waals surface area contributed by atoms with Crippen LogP contribution in [-0.2, 0) is 24.8 Å². The van der Waals surface area contributed by atoms with Crippen molar-refractivity contribution in [1.82, 2.24) is 29.1 Å². The summed E-state index contributed by atoms with van der Waals surface area (Å²) in [7, 11) is 1.86. The number of nitrogens with zero attached hydrogens (tertiary/aromatic N) is 6. The van der Waals surface area contributed by atoms with Gasteiger partial charge in [-0.1, -0.05) is 36.4 Å². The number of thioether (sulfide) groups is 1. The number of fused-ring (bicyclic) bond motifs is 3. The quantitative estimate of drug-likeness (QED) is 0.337. The summed E-state index contributed by atoms with van der Waals surface area (Å²) in [5, 5.41) is 12.3. The molecule has 2 aromatic rings. The van der Waals surface area contributed by atoms with Crippen molar-refractivity contribution >= 4 is 23.4 Å². The average molecular weight is 492 g/mol. The lowest BCUT2D eigenvalue weighted by Gasteiger charge is -2.19. The smallest absolute Gasteiger partial charge is 0.284 e. The molecule has 3 aliphatic rings. The first kappa shape index (κ1) is 23.3. The van der Waals surface area contributed by atoms with Crippen LogP contribution in [0.25, 0.3) is 17.1 Å². The molecule has 0 radical (unpaired) electrons. The van der Waals surface area contributed by atoms with Crippen LogP contribution in [-0.4, -0.2) is 40.3 Å². The molecule has 5 rings (SSSR count). The fraction of sp³-hybridized carbons (Fsp3) is 0.400. The van der Waals surface area contributed by atoms with Crippen LogP contribution in [0.1, 0.15) is 43.3 Å². The minimum atomic E-state index is -0.401. The van der Waals surface area contributed by atoms with Gasteiger partial charge < -0.3 is 9.88 Å². The molecule has 4 heterocycles. The molecule has 1 N–H and O–H groups in total. The van der Waals surface area contributed by atoms with Crippen molar-refractivity contribution in [1.29, 1.82) is 0 Å². The zero-order valence-electron chi connectivity index (χ0n) is 20.4. The van der Waals surface area contributed by atoms with Gasteiger partial charge in [0.25, 0.3) is 5.56 Å². The zero-order chi connectivity index (χ0) is 24.7. The third kappa shape index (κ3) is 4.27. The number of aromatic nitrogens is 6. The van der Waals surface area contributed by atoms with E-state index in [0.717, 1.165) is 60.2 Å². The van der Waals surface area contributed by atoms with E-state index in [1.54, 1.807) is 4.68 Å². The second-order valence-electron chi connectivity index (χ2n) is 8.97. The lowest BCUT2D eigenvalue weighted by atomic mass is 10.1. The third-order valence-electron chi connectivity index (χ3n) is 6.58. The summed E-state index contributed by atoms with van der Waals surface area (Å²) in [6.45, 7) is 6.46. The Morgan fingerprint density at radius 1 is 1.11 bits per heavy atom. The molecule has 10 heteroatoms. The predicted octanol–water partition coefficient (Wildman–Crippen LogP) is 3.73. The zero-order valence-corrected chi connectivity index (χ0v) is 21.2. The molecule has 182 valence electrons. The largest absolute Gasteiger partial charge is 0.324 e. The SMILES string of the molecule is Cc1nn(C)c(C)c1NC(=O)[C@H](C)Sc1nc2nn(-c3ccccc3)c(=O)c-2c2n1CCCCC2. The maximum atomic E-state index is 13.4. The fourth-order valence-corrected chi connectivity index (χ4v) is 5.53. The van der Waals surface area contributed by atoms with E-state index < -0.39 is 5.25 Å². The number of nitrogens with one attached hydrogen (secondary N) is 1. The average Bonchev–Trinajstić information content (AvgIpc) is 3.16. The number of aryl methyl sites for hydroxylation is 2. The van der Waals surface area contributed by atoms with E-state index in [0.29, 0.717) is 17.1 Å². The molecule has 1 aromatic carbocycles. The Morgan fingerprint density at radius 2 is 1.89 bits per heavy atom. The maximum absolute atomic E-state index is 13.4. The molecule has 0 bridgehead atoms. The summed E-state index contributed by atoms with van der Waals surface area (Å²) in [5.41, 5.74) is 4.56. The molecule has 0 saturated carbocycles. The van der Waals surface area contributed by atoms with Crippen molar-refractivity contribution in [2.24, 2.45) is 7.05 Å². The van der Waals surface area contributed by atoms with Crippen molar-refractivity contribution < 1.29 is 4.79 Å². The lowest BCUT2D eigenvalue weighted by Crippen LogP contribution is -2.25. The summed E-state index contributed by atoms with van der Waals surface area (Å²) in [5.74, 6) is 0.319. The Labute approximate surface area is 207 Å². The van der Waals surface area contributed by atoms with E-state index in [9.17, 15) is 9.59 Å². The van der Waals surface area contributed by atoms with Gasteiger partial charge in [-0.2, -0.15) is 9.78 Å². The second-order valence-corrected chi connectivity index (χ2v) is 10.3. The highest BCUT2D eigenvalue weighted by molar-refractivity contribution is 8.00. The number of benzene rings is 1. The molecule has 0 saturated heterocycles. The second kappa shape index (κ2) is 9.33. The number of carbonyl (C=O) groups excluding carboxylic acids is 1. The summed E-state index contributed by atoms with van der Waals surface area (Å²) >= 11 is 1.40. The van der Waals surface area contributed by atoms with Crippen LogP contribution in [0.2, 0.25) is 0 Å². The van der Waals surface area contributed by atoms with E-state index in [4.69, 9.17) is 4.98 Å². The number of anilines is 1. The molecule has 0 aliphatic carbocycles. The van der Waals surface area contributed by atoms with Crippen LogP contribution in [0.5, 0.6) is 0 Å². The highest BCUT2D eigenvalue weighted by atomic mass is 32.2. The molecule has 0 unspecified atom stereocenters.